The van der Waals surface area contributed by atoms with E-state index in [0.717, 1.165) is 11.8 Å². The summed E-state index contributed by atoms with van der Waals surface area (Å²) in [5.74, 6) is 1.58. The summed E-state index contributed by atoms with van der Waals surface area (Å²) in [5, 5.41) is 8.17. The minimum Gasteiger partial charge on any atom is -0.314 e. The lowest BCUT2D eigenvalue weighted by molar-refractivity contribution is 0.289. The van der Waals surface area contributed by atoms with Crippen molar-refractivity contribution in [1.82, 2.24) is 5.32 Å². The van der Waals surface area contributed by atoms with Gasteiger partial charge in [-0.15, -0.1) is 0 Å². The molecule has 3 heteroatoms. The molecule has 1 aliphatic carbocycles. The third-order valence-corrected chi connectivity index (χ3v) is 5.49. The molecule has 1 nitrogen and oxygen atoms in total. The summed E-state index contributed by atoms with van der Waals surface area (Å²) >= 11 is 5.52. The molecule has 0 aromatic carbocycles. The van der Waals surface area contributed by atoms with E-state index < -0.39 is 0 Å². The van der Waals surface area contributed by atoms with Gasteiger partial charge in [0.15, 0.2) is 0 Å². The Morgan fingerprint density at radius 1 is 1.35 bits per heavy atom. The van der Waals surface area contributed by atoms with Crippen LogP contribution in [0.3, 0.4) is 0 Å². The average molecular weight is 316 g/mol. The van der Waals surface area contributed by atoms with Crippen molar-refractivity contribution in [3.63, 3.8) is 0 Å². The molecule has 0 aliphatic heterocycles. The quantitative estimate of drug-likeness (QED) is 0.843. The van der Waals surface area contributed by atoms with E-state index in [2.05, 4.69) is 45.9 Å². The molecule has 1 aromatic rings. The van der Waals surface area contributed by atoms with Gasteiger partial charge in [-0.1, -0.05) is 26.7 Å². The predicted octanol–water partition coefficient (Wildman–Crippen LogP) is 4.78. The highest BCUT2D eigenvalue weighted by Crippen LogP contribution is 2.41. The minimum atomic E-state index is 0.600. The molecule has 1 N–H and O–H groups in total. The summed E-state index contributed by atoms with van der Waals surface area (Å²) < 4.78 is 1.32. The highest BCUT2D eigenvalue weighted by Gasteiger charge is 2.28. The molecule has 1 fully saturated rings. The van der Waals surface area contributed by atoms with E-state index in [1.54, 1.807) is 5.56 Å². The number of halogens is 1. The zero-order valence-corrected chi connectivity index (χ0v) is 13.1. The summed E-state index contributed by atoms with van der Waals surface area (Å²) in [6, 6.07) is 0.600. The van der Waals surface area contributed by atoms with Gasteiger partial charge in [-0.25, -0.2) is 0 Å². The Bertz CT molecular complexity index is 348. The molecule has 0 bridgehead atoms. The summed E-state index contributed by atoms with van der Waals surface area (Å²) in [5.41, 5.74) is 1.55. The van der Waals surface area contributed by atoms with Crippen molar-refractivity contribution in [2.24, 2.45) is 5.92 Å². The van der Waals surface area contributed by atoms with Crippen molar-refractivity contribution in [2.45, 2.75) is 51.5 Å². The van der Waals surface area contributed by atoms with Crippen LogP contribution in [-0.2, 0) is 0 Å². The molecular weight excluding hydrogens is 294 g/mol. The third kappa shape index (κ3) is 3.55. The van der Waals surface area contributed by atoms with E-state index in [9.17, 15) is 0 Å². The van der Waals surface area contributed by atoms with Crippen molar-refractivity contribution >= 4 is 27.3 Å². The lowest BCUT2D eigenvalue weighted by atomic mass is 9.76. The SMILES string of the molecule is CC(C)NCC1CCCCC1c1cscc1Br. The van der Waals surface area contributed by atoms with Crippen molar-refractivity contribution in [2.75, 3.05) is 6.54 Å². The second-order valence-electron chi connectivity index (χ2n) is 5.39. The molecule has 2 unspecified atom stereocenters. The monoisotopic (exact) mass is 315 g/mol. The van der Waals surface area contributed by atoms with E-state index in [1.165, 1.54) is 36.7 Å². The van der Waals surface area contributed by atoms with Gasteiger partial charge in [0.1, 0.15) is 0 Å². The summed E-state index contributed by atoms with van der Waals surface area (Å²) in [6.07, 6.45) is 5.54. The fourth-order valence-electron chi connectivity index (χ4n) is 2.80. The molecule has 2 atom stereocenters. The third-order valence-electron chi connectivity index (χ3n) is 3.74. The van der Waals surface area contributed by atoms with Gasteiger partial charge in [0.05, 0.1) is 0 Å². The van der Waals surface area contributed by atoms with Crippen molar-refractivity contribution in [3.05, 3.63) is 20.8 Å². The Morgan fingerprint density at radius 3 is 2.76 bits per heavy atom. The van der Waals surface area contributed by atoms with Crippen LogP contribution >= 0.6 is 27.3 Å². The first kappa shape index (κ1) is 13.6. The Balaban J connectivity index is 2.04. The van der Waals surface area contributed by atoms with Gasteiger partial charge in [-0.3, -0.25) is 0 Å². The maximum Gasteiger partial charge on any atom is 0.0317 e. The van der Waals surface area contributed by atoms with Gasteiger partial charge >= 0.3 is 0 Å². The van der Waals surface area contributed by atoms with Crippen LogP contribution in [0.15, 0.2) is 15.2 Å². The Kier molecular flexibility index (Phi) is 5.07. The predicted molar refractivity (Wildman–Crippen MR) is 79.9 cm³/mol. The van der Waals surface area contributed by atoms with Gasteiger partial charge in [-0.2, -0.15) is 11.3 Å². The molecule has 2 rings (SSSR count). The smallest absolute Gasteiger partial charge is 0.0317 e. The number of hydrogen-bond acceptors (Lipinski definition) is 2. The molecule has 0 spiro atoms. The fourth-order valence-corrected chi connectivity index (χ4v) is 4.46. The van der Waals surface area contributed by atoms with Crippen LogP contribution < -0.4 is 5.32 Å². The van der Waals surface area contributed by atoms with E-state index >= 15 is 0 Å². The topological polar surface area (TPSA) is 12.0 Å². The lowest BCUT2D eigenvalue weighted by Gasteiger charge is -2.32. The van der Waals surface area contributed by atoms with Crippen molar-refractivity contribution < 1.29 is 0 Å². The zero-order valence-electron chi connectivity index (χ0n) is 10.7. The maximum absolute atomic E-state index is 3.70. The first-order chi connectivity index (χ1) is 8.18. The highest BCUT2D eigenvalue weighted by molar-refractivity contribution is 9.10. The van der Waals surface area contributed by atoms with Gasteiger partial charge in [0.2, 0.25) is 0 Å². The van der Waals surface area contributed by atoms with Crippen LogP contribution in [0.25, 0.3) is 0 Å². The number of thiophene rings is 1. The van der Waals surface area contributed by atoms with Gasteiger partial charge in [0, 0.05) is 15.9 Å². The second kappa shape index (κ2) is 6.35. The van der Waals surface area contributed by atoms with Crippen molar-refractivity contribution in [3.8, 4) is 0 Å². The Hall–Kier alpha value is 0.140. The average Bonchev–Trinajstić information content (AvgIpc) is 2.73. The lowest BCUT2D eigenvalue weighted by Crippen LogP contribution is -2.33. The van der Waals surface area contributed by atoms with Crippen LogP contribution in [-0.4, -0.2) is 12.6 Å². The molecule has 0 radical (unpaired) electrons. The first-order valence-electron chi connectivity index (χ1n) is 6.63. The number of hydrogen-bond donors (Lipinski definition) is 1. The Morgan fingerprint density at radius 2 is 2.12 bits per heavy atom. The van der Waals surface area contributed by atoms with Crippen LogP contribution in [0.4, 0.5) is 0 Å². The van der Waals surface area contributed by atoms with Crippen LogP contribution in [0.1, 0.15) is 51.0 Å². The Labute approximate surface area is 117 Å². The summed E-state index contributed by atoms with van der Waals surface area (Å²) in [7, 11) is 0. The molecule has 1 heterocycles. The van der Waals surface area contributed by atoms with Crippen LogP contribution in [0.2, 0.25) is 0 Å². The molecular formula is C14H22BrNS. The maximum atomic E-state index is 3.70. The molecule has 96 valence electrons. The van der Waals surface area contributed by atoms with Gasteiger partial charge in [-0.05, 0) is 58.1 Å². The molecule has 1 aromatic heterocycles. The molecule has 1 saturated carbocycles. The first-order valence-corrected chi connectivity index (χ1v) is 8.37. The van der Waals surface area contributed by atoms with Gasteiger partial charge in [0.25, 0.3) is 0 Å². The molecule has 0 amide bonds. The second-order valence-corrected chi connectivity index (χ2v) is 6.99. The van der Waals surface area contributed by atoms with Crippen LogP contribution in [0.5, 0.6) is 0 Å². The summed E-state index contributed by atoms with van der Waals surface area (Å²) in [4.78, 5) is 0. The van der Waals surface area contributed by atoms with Crippen LogP contribution in [0, 0.1) is 5.92 Å². The largest absolute Gasteiger partial charge is 0.314 e. The van der Waals surface area contributed by atoms with Gasteiger partial charge < -0.3 is 5.32 Å². The van der Waals surface area contributed by atoms with E-state index in [4.69, 9.17) is 0 Å². The van der Waals surface area contributed by atoms with E-state index in [1.807, 2.05) is 11.3 Å². The summed E-state index contributed by atoms with van der Waals surface area (Å²) in [6.45, 7) is 5.64. The normalized spacial score (nSPS) is 25.4. The number of rotatable bonds is 4. The number of nitrogens with one attached hydrogen (secondary N) is 1. The minimum absolute atomic E-state index is 0.600. The van der Waals surface area contributed by atoms with Crippen molar-refractivity contribution in [1.29, 1.82) is 0 Å². The molecule has 0 saturated heterocycles. The molecule has 1 aliphatic rings. The molecule has 17 heavy (non-hydrogen) atoms. The zero-order chi connectivity index (χ0) is 12.3. The standard InChI is InChI=1S/C14H22BrNS/c1-10(2)16-7-11-5-3-4-6-12(11)13-8-17-9-14(13)15/h8-12,16H,3-7H2,1-2H3. The highest BCUT2D eigenvalue weighted by atomic mass is 79.9. The fraction of sp³-hybridized carbons (Fsp3) is 0.714. The van der Waals surface area contributed by atoms with E-state index in [-0.39, 0.29) is 0 Å². The van der Waals surface area contributed by atoms with E-state index in [0.29, 0.717) is 6.04 Å².